The number of nitrogens with zero attached hydrogens (tertiary/aromatic N) is 1. The molecule has 1 aliphatic rings. The maximum atomic E-state index is 13.2. The standard InChI is InChI=1S/C21H18BrNOS/c1-14-2-4-15(5-3-14)20-18-11-13-25-19(18)10-12-23(20)21(24)16-6-8-17(22)9-7-16/h2-9,11,13,20H,10,12H2,1H3/t20-/m0/s1. The molecule has 0 unspecified atom stereocenters. The van der Waals surface area contributed by atoms with E-state index in [0.29, 0.717) is 0 Å². The average molecular weight is 412 g/mol. The summed E-state index contributed by atoms with van der Waals surface area (Å²) < 4.78 is 0.984. The second kappa shape index (κ2) is 6.77. The van der Waals surface area contributed by atoms with Gasteiger partial charge in [-0.1, -0.05) is 45.8 Å². The van der Waals surface area contributed by atoms with E-state index in [1.165, 1.54) is 21.6 Å². The van der Waals surface area contributed by atoms with Gasteiger partial charge in [-0.2, -0.15) is 0 Å². The fourth-order valence-corrected chi connectivity index (χ4v) is 4.57. The van der Waals surface area contributed by atoms with Gasteiger partial charge in [-0.3, -0.25) is 4.79 Å². The molecule has 4 rings (SSSR count). The van der Waals surface area contributed by atoms with Crippen molar-refractivity contribution in [2.75, 3.05) is 6.54 Å². The number of hydrogen-bond acceptors (Lipinski definition) is 2. The van der Waals surface area contributed by atoms with Crippen LogP contribution in [0.4, 0.5) is 0 Å². The van der Waals surface area contributed by atoms with Gasteiger partial charge in [0.15, 0.2) is 0 Å². The molecule has 25 heavy (non-hydrogen) atoms. The highest BCUT2D eigenvalue weighted by Gasteiger charge is 2.33. The van der Waals surface area contributed by atoms with Crippen molar-refractivity contribution < 1.29 is 4.79 Å². The van der Waals surface area contributed by atoms with E-state index in [1.807, 2.05) is 29.2 Å². The molecule has 0 bridgehead atoms. The summed E-state index contributed by atoms with van der Waals surface area (Å²) in [4.78, 5) is 16.6. The van der Waals surface area contributed by atoms with Crippen LogP contribution in [0.1, 0.15) is 38.0 Å². The van der Waals surface area contributed by atoms with Gasteiger partial charge in [0.25, 0.3) is 5.91 Å². The molecule has 2 heterocycles. The summed E-state index contributed by atoms with van der Waals surface area (Å²) in [6, 6.07) is 18.3. The first-order valence-electron chi connectivity index (χ1n) is 8.33. The van der Waals surface area contributed by atoms with Gasteiger partial charge in [-0.05, 0) is 60.2 Å². The van der Waals surface area contributed by atoms with Gasteiger partial charge in [0.05, 0.1) is 6.04 Å². The summed E-state index contributed by atoms with van der Waals surface area (Å²) >= 11 is 5.23. The normalized spacial score (nSPS) is 16.6. The Labute approximate surface area is 160 Å². The number of hydrogen-bond donors (Lipinski definition) is 0. The van der Waals surface area contributed by atoms with Crippen molar-refractivity contribution in [1.29, 1.82) is 0 Å². The van der Waals surface area contributed by atoms with Gasteiger partial charge in [-0.25, -0.2) is 0 Å². The Morgan fingerprint density at radius 3 is 2.52 bits per heavy atom. The lowest BCUT2D eigenvalue weighted by atomic mass is 9.92. The molecule has 0 radical (unpaired) electrons. The Morgan fingerprint density at radius 2 is 1.80 bits per heavy atom. The lowest BCUT2D eigenvalue weighted by Gasteiger charge is -2.36. The van der Waals surface area contributed by atoms with E-state index >= 15 is 0 Å². The van der Waals surface area contributed by atoms with Crippen LogP contribution < -0.4 is 0 Å². The van der Waals surface area contributed by atoms with Crippen LogP contribution in [-0.4, -0.2) is 17.4 Å². The zero-order chi connectivity index (χ0) is 17.4. The number of halogens is 1. The second-order valence-electron chi connectivity index (χ2n) is 6.37. The minimum atomic E-state index is -0.00764. The molecular formula is C21H18BrNOS. The van der Waals surface area contributed by atoms with Crippen molar-refractivity contribution >= 4 is 33.2 Å². The predicted octanol–water partition coefficient (Wildman–Crippen LogP) is 5.61. The Balaban J connectivity index is 1.76. The largest absolute Gasteiger partial charge is 0.327 e. The van der Waals surface area contributed by atoms with Crippen molar-refractivity contribution in [3.05, 3.63) is 91.6 Å². The van der Waals surface area contributed by atoms with Gasteiger partial charge in [0, 0.05) is 21.5 Å². The lowest BCUT2D eigenvalue weighted by molar-refractivity contribution is 0.0696. The smallest absolute Gasteiger partial charge is 0.254 e. The third-order valence-corrected chi connectivity index (χ3v) is 6.24. The number of rotatable bonds is 2. The Hall–Kier alpha value is -1.91. The van der Waals surface area contributed by atoms with Gasteiger partial charge >= 0.3 is 0 Å². The first kappa shape index (κ1) is 16.6. The predicted molar refractivity (Wildman–Crippen MR) is 106 cm³/mol. The van der Waals surface area contributed by atoms with Gasteiger partial charge < -0.3 is 4.90 Å². The highest BCUT2D eigenvalue weighted by molar-refractivity contribution is 9.10. The first-order valence-corrected chi connectivity index (χ1v) is 10.00. The van der Waals surface area contributed by atoms with E-state index in [9.17, 15) is 4.79 Å². The van der Waals surface area contributed by atoms with E-state index < -0.39 is 0 Å². The van der Waals surface area contributed by atoms with E-state index in [4.69, 9.17) is 0 Å². The maximum absolute atomic E-state index is 13.2. The molecular weight excluding hydrogens is 394 g/mol. The molecule has 2 nitrogen and oxygen atoms in total. The summed E-state index contributed by atoms with van der Waals surface area (Å²) in [5.41, 5.74) is 4.41. The van der Waals surface area contributed by atoms with E-state index in [2.05, 4.69) is 58.6 Å². The van der Waals surface area contributed by atoms with Crippen LogP contribution in [-0.2, 0) is 6.42 Å². The molecule has 1 aliphatic heterocycles. The van der Waals surface area contributed by atoms with Crippen LogP contribution >= 0.6 is 27.3 Å². The molecule has 1 aromatic heterocycles. The quantitative estimate of drug-likeness (QED) is 0.536. The average Bonchev–Trinajstić information content (AvgIpc) is 3.10. The Bertz CT molecular complexity index is 898. The summed E-state index contributed by atoms with van der Waals surface area (Å²) in [5.74, 6) is 0.0925. The summed E-state index contributed by atoms with van der Waals surface area (Å²) in [6.07, 6.45) is 0.928. The highest BCUT2D eigenvalue weighted by atomic mass is 79.9. The highest BCUT2D eigenvalue weighted by Crippen LogP contribution is 2.38. The van der Waals surface area contributed by atoms with E-state index in [1.54, 1.807) is 11.3 Å². The monoisotopic (exact) mass is 411 g/mol. The van der Waals surface area contributed by atoms with Crippen molar-refractivity contribution in [3.8, 4) is 0 Å². The molecule has 0 saturated carbocycles. The lowest BCUT2D eigenvalue weighted by Crippen LogP contribution is -2.40. The van der Waals surface area contributed by atoms with Crippen LogP contribution in [0, 0.1) is 6.92 Å². The van der Waals surface area contributed by atoms with Crippen molar-refractivity contribution in [2.24, 2.45) is 0 Å². The zero-order valence-electron chi connectivity index (χ0n) is 13.9. The molecule has 0 fully saturated rings. The van der Waals surface area contributed by atoms with Crippen LogP contribution in [0.5, 0.6) is 0 Å². The number of thiophene rings is 1. The third-order valence-electron chi connectivity index (χ3n) is 4.71. The molecule has 126 valence electrons. The molecule has 0 aliphatic carbocycles. The number of carbonyl (C=O) groups is 1. The van der Waals surface area contributed by atoms with Gasteiger partial charge in [-0.15, -0.1) is 11.3 Å². The Morgan fingerprint density at radius 1 is 1.08 bits per heavy atom. The summed E-state index contributed by atoms with van der Waals surface area (Å²) in [6.45, 7) is 2.84. The fourth-order valence-electron chi connectivity index (χ4n) is 3.40. The van der Waals surface area contributed by atoms with Crippen LogP contribution in [0.15, 0.2) is 64.5 Å². The number of aryl methyl sites for hydroxylation is 1. The maximum Gasteiger partial charge on any atom is 0.254 e. The van der Waals surface area contributed by atoms with E-state index in [-0.39, 0.29) is 11.9 Å². The molecule has 0 spiro atoms. The minimum Gasteiger partial charge on any atom is -0.327 e. The van der Waals surface area contributed by atoms with Crippen molar-refractivity contribution in [1.82, 2.24) is 4.90 Å². The fraction of sp³-hybridized carbons (Fsp3) is 0.190. The first-order chi connectivity index (χ1) is 12.1. The topological polar surface area (TPSA) is 20.3 Å². The molecule has 1 amide bonds. The van der Waals surface area contributed by atoms with Crippen LogP contribution in [0.3, 0.4) is 0 Å². The Kier molecular flexibility index (Phi) is 4.48. The van der Waals surface area contributed by atoms with Gasteiger partial charge in [0.1, 0.15) is 0 Å². The third kappa shape index (κ3) is 3.16. The molecule has 0 N–H and O–H groups in total. The number of carbonyl (C=O) groups excluding carboxylic acids is 1. The summed E-state index contributed by atoms with van der Waals surface area (Å²) in [5, 5.41) is 2.14. The molecule has 3 aromatic rings. The van der Waals surface area contributed by atoms with E-state index in [0.717, 1.165) is 23.0 Å². The van der Waals surface area contributed by atoms with Crippen LogP contribution in [0.2, 0.25) is 0 Å². The number of amides is 1. The SMILES string of the molecule is Cc1ccc([C@H]2c3ccsc3CCN2C(=O)c2ccc(Br)cc2)cc1. The van der Waals surface area contributed by atoms with Crippen LogP contribution in [0.25, 0.3) is 0 Å². The van der Waals surface area contributed by atoms with Crippen molar-refractivity contribution in [3.63, 3.8) is 0 Å². The molecule has 2 aromatic carbocycles. The number of fused-ring (bicyclic) bond motifs is 1. The minimum absolute atomic E-state index is 0.00764. The molecule has 0 saturated heterocycles. The number of benzene rings is 2. The molecule has 4 heteroatoms. The second-order valence-corrected chi connectivity index (χ2v) is 8.28. The van der Waals surface area contributed by atoms with Gasteiger partial charge in [0.2, 0.25) is 0 Å². The van der Waals surface area contributed by atoms with Crippen molar-refractivity contribution in [2.45, 2.75) is 19.4 Å². The molecule has 1 atom stereocenters. The zero-order valence-corrected chi connectivity index (χ0v) is 16.3. The summed E-state index contributed by atoms with van der Waals surface area (Å²) in [7, 11) is 0.